The molecule has 1 amide bonds. The highest BCUT2D eigenvalue weighted by molar-refractivity contribution is 5.94. The van der Waals surface area contributed by atoms with E-state index in [1.807, 2.05) is 0 Å². The van der Waals surface area contributed by atoms with Gasteiger partial charge in [-0.1, -0.05) is 13.8 Å². The average Bonchev–Trinajstić information content (AvgIpc) is 2.67. The van der Waals surface area contributed by atoms with E-state index in [4.69, 9.17) is 0 Å². The van der Waals surface area contributed by atoms with Crippen molar-refractivity contribution >= 4 is 5.91 Å². The molecule has 1 saturated carbocycles. The van der Waals surface area contributed by atoms with Crippen LogP contribution in [-0.2, 0) is 6.18 Å². The highest BCUT2D eigenvalue weighted by Gasteiger charge is 2.33. The van der Waals surface area contributed by atoms with Crippen molar-refractivity contribution in [2.45, 2.75) is 45.3 Å². The molecule has 1 aliphatic carbocycles. The van der Waals surface area contributed by atoms with E-state index in [-0.39, 0.29) is 22.9 Å². The molecular formula is C14H17F3N2O. The summed E-state index contributed by atoms with van der Waals surface area (Å²) in [6.07, 6.45) is -0.703. The predicted molar refractivity (Wildman–Crippen MR) is 68.1 cm³/mol. The van der Waals surface area contributed by atoms with Gasteiger partial charge in [-0.2, -0.15) is 13.2 Å². The molecule has 6 heteroatoms. The topological polar surface area (TPSA) is 42.0 Å². The van der Waals surface area contributed by atoms with Crippen LogP contribution in [0.25, 0.3) is 0 Å². The third kappa shape index (κ3) is 3.49. The predicted octanol–water partition coefficient (Wildman–Crippen LogP) is 3.41. The number of carbonyl (C=O) groups excluding carboxylic acids is 1. The van der Waals surface area contributed by atoms with Crippen molar-refractivity contribution in [1.29, 1.82) is 0 Å². The van der Waals surface area contributed by atoms with Crippen LogP contribution in [0.4, 0.5) is 13.2 Å². The Balaban J connectivity index is 2.00. The maximum Gasteiger partial charge on any atom is 0.433 e. The number of pyridine rings is 1. The third-order valence-corrected chi connectivity index (χ3v) is 3.62. The number of alkyl halides is 3. The Morgan fingerprint density at radius 3 is 2.55 bits per heavy atom. The van der Waals surface area contributed by atoms with E-state index in [0.717, 1.165) is 37.6 Å². The summed E-state index contributed by atoms with van der Waals surface area (Å²) in [4.78, 5) is 15.2. The second kappa shape index (κ2) is 5.07. The van der Waals surface area contributed by atoms with Gasteiger partial charge in [-0.15, -0.1) is 0 Å². The Labute approximate surface area is 115 Å². The molecule has 0 aliphatic heterocycles. The highest BCUT2D eigenvalue weighted by Crippen LogP contribution is 2.37. The number of nitrogens with zero attached hydrogens (tertiary/aromatic N) is 1. The molecule has 1 fully saturated rings. The van der Waals surface area contributed by atoms with Gasteiger partial charge in [-0.25, -0.2) is 0 Å². The van der Waals surface area contributed by atoms with Crippen LogP contribution in [0.5, 0.6) is 0 Å². The first-order chi connectivity index (χ1) is 9.17. The minimum atomic E-state index is -4.48. The van der Waals surface area contributed by atoms with Crippen molar-refractivity contribution in [3.8, 4) is 0 Å². The van der Waals surface area contributed by atoms with Crippen molar-refractivity contribution in [2.24, 2.45) is 5.41 Å². The number of carbonyl (C=O) groups is 1. The fourth-order valence-electron chi connectivity index (χ4n) is 2.52. The maximum absolute atomic E-state index is 12.4. The van der Waals surface area contributed by atoms with E-state index in [9.17, 15) is 18.0 Å². The van der Waals surface area contributed by atoms with E-state index in [1.54, 1.807) is 0 Å². The fourth-order valence-corrected chi connectivity index (χ4v) is 2.52. The van der Waals surface area contributed by atoms with E-state index in [0.29, 0.717) is 0 Å². The zero-order valence-corrected chi connectivity index (χ0v) is 11.4. The van der Waals surface area contributed by atoms with Crippen LogP contribution in [0.1, 0.15) is 49.2 Å². The number of aromatic nitrogens is 1. The lowest BCUT2D eigenvalue weighted by Gasteiger charge is -2.17. The van der Waals surface area contributed by atoms with Crippen LogP contribution < -0.4 is 5.32 Å². The lowest BCUT2D eigenvalue weighted by Crippen LogP contribution is -2.33. The van der Waals surface area contributed by atoms with Crippen LogP contribution in [0, 0.1) is 5.41 Å². The van der Waals surface area contributed by atoms with Gasteiger partial charge < -0.3 is 5.32 Å². The van der Waals surface area contributed by atoms with Gasteiger partial charge in [-0.3, -0.25) is 9.78 Å². The molecule has 1 aliphatic rings. The molecule has 1 aromatic rings. The first-order valence-electron chi connectivity index (χ1n) is 6.51. The third-order valence-electron chi connectivity index (χ3n) is 3.62. The van der Waals surface area contributed by atoms with Crippen molar-refractivity contribution < 1.29 is 18.0 Å². The molecule has 20 heavy (non-hydrogen) atoms. The molecule has 0 spiro atoms. The van der Waals surface area contributed by atoms with Crippen molar-refractivity contribution in [1.82, 2.24) is 10.3 Å². The number of halogens is 3. The molecule has 1 atom stereocenters. The molecule has 1 unspecified atom stereocenters. The number of hydrogen-bond donors (Lipinski definition) is 1. The number of rotatable bonds is 2. The molecule has 2 rings (SSSR count). The average molecular weight is 286 g/mol. The van der Waals surface area contributed by atoms with Crippen LogP contribution in [-0.4, -0.2) is 16.9 Å². The van der Waals surface area contributed by atoms with Crippen molar-refractivity contribution in [2.75, 3.05) is 0 Å². The number of amides is 1. The molecule has 0 saturated heterocycles. The first kappa shape index (κ1) is 14.8. The Kier molecular flexibility index (Phi) is 3.75. The van der Waals surface area contributed by atoms with E-state index in [1.165, 1.54) is 0 Å². The van der Waals surface area contributed by atoms with Crippen molar-refractivity contribution in [3.63, 3.8) is 0 Å². The lowest BCUT2D eigenvalue weighted by molar-refractivity contribution is -0.141. The smallest absolute Gasteiger partial charge is 0.349 e. The van der Waals surface area contributed by atoms with Gasteiger partial charge in [-0.05, 0) is 36.8 Å². The van der Waals surface area contributed by atoms with Crippen LogP contribution in [0.15, 0.2) is 18.3 Å². The molecule has 1 N–H and O–H groups in total. The number of hydrogen-bond acceptors (Lipinski definition) is 2. The molecular weight excluding hydrogens is 269 g/mol. The molecule has 1 aromatic heterocycles. The van der Waals surface area contributed by atoms with E-state index in [2.05, 4.69) is 24.1 Å². The fraction of sp³-hybridized carbons (Fsp3) is 0.571. The normalized spacial score (nSPS) is 21.8. The Morgan fingerprint density at radius 2 is 2.10 bits per heavy atom. The summed E-state index contributed by atoms with van der Waals surface area (Å²) in [6, 6.07) is 2.07. The summed E-state index contributed by atoms with van der Waals surface area (Å²) in [5.74, 6) is -0.367. The minimum absolute atomic E-state index is 0.0831. The van der Waals surface area contributed by atoms with Gasteiger partial charge in [0, 0.05) is 12.2 Å². The molecule has 0 radical (unpaired) electrons. The second-order valence-corrected chi connectivity index (χ2v) is 6.01. The zero-order chi connectivity index (χ0) is 15.0. The summed E-state index contributed by atoms with van der Waals surface area (Å²) >= 11 is 0. The minimum Gasteiger partial charge on any atom is -0.349 e. The Bertz CT molecular complexity index is 494. The standard InChI is InChI=1S/C14H17F3N2O/c1-13(2)6-5-10(7-13)19-12(20)9-3-4-11(18-8-9)14(15,16)17/h3-4,8,10H,5-7H2,1-2H3,(H,19,20). The van der Waals surface area contributed by atoms with Crippen LogP contribution in [0.2, 0.25) is 0 Å². The molecule has 3 nitrogen and oxygen atoms in total. The second-order valence-electron chi connectivity index (χ2n) is 6.01. The summed E-state index contributed by atoms with van der Waals surface area (Å²) in [7, 11) is 0. The Morgan fingerprint density at radius 1 is 1.40 bits per heavy atom. The van der Waals surface area contributed by atoms with Gasteiger partial charge in [0.25, 0.3) is 5.91 Å². The molecule has 110 valence electrons. The molecule has 0 aromatic carbocycles. The SMILES string of the molecule is CC1(C)CCC(NC(=O)c2ccc(C(F)(F)F)nc2)C1. The zero-order valence-electron chi connectivity index (χ0n) is 11.4. The largest absolute Gasteiger partial charge is 0.433 e. The van der Waals surface area contributed by atoms with Gasteiger partial charge in [0.15, 0.2) is 0 Å². The summed E-state index contributed by atoms with van der Waals surface area (Å²) < 4.78 is 37.1. The maximum atomic E-state index is 12.4. The van der Waals surface area contributed by atoms with Gasteiger partial charge in [0.05, 0.1) is 5.56 Å². The highest BCUT2D eigenvalue weighted by atomic mass is 19.4. The van der Waals surface area contributed by atoms with E-state index < -0.39 is 11.9 Å². The van der Waals surface area contributed by atoms with E-state index >= 15 is 0 Å². The Hall–Kier alpha value is -1.59. The van der Waals surface area contributed by atoms with Gasteiger partial charge >= 0.3 is 6.18 Å². The van der Waals surface area contributed by atoms with Crippen LogP contribution in [0.3, 0.4) is 0 Å². The lowest BCUT2D eigenvalue weighted by atomic mass is 9.92. The summed E-state index contributed by atoms with van der Waals surface area (Å²) in [5.41, 5.74) is -0.630. The first-order valence-corrected chi connectivity index (χ1v) is 6.51. The van der Waals surface area contributed by atoms with Crippen molar-refractivity contribution in [3.05, 3.63) is 29.6 Å². The summed E-state index contributed by atoms with van der Waals surface area (Å²) in [5, 5.41) is 2.85. The molecule has 0 bridgehead atoms. The van der Waals surface area contributed by atoms with Crippen LogP contribution >= 0.6 is 0 Å². The summed E-state index contributed by atoms with van der Waals surface area (Å²) in [6.45, 7) is 4.28. The number of nitrogens with one attached hydrogen (secondary N) is 1. The van der Waals surface area contributed by atoms with Gasteiger partial charge in [0.1, 0.15) is 5.69 Å². The van der Waals surface area contributed by atoms with Gasteiger partial charge in [0.2, 0.25) is 0 Å². The quantitative estimate of drug-likeness (QED) is 0.905. The molecule has 1 heterocycles. The monoisotopic (exact) mass is 286 g/mol.